The summed E-state index contributed by atoms with van der Waals surface area (Å²) < 4.78 is 1.42. The summed E-state index contributed by atoms with van der Waals surface area (Å²) in [7, 11) is 0. The lowest BCUT2D eigenvalue weighted by Crippen LogP contribution is -2.42. The van der Waals surface area contributed by atoms with Gasteiger partial charge in [0.1, 0.15) is 18.4 Å². The molecule has 1 saturated heterocycles. The summed E-state index contributed by atoms with van der Waals surface area (Å²) in [5.41, 5.74) is 5.38. The quantitative estimate of drug-likeness (QED) is 0.312. The van der Waals surface area contributed by atoms with Gasteiger partial charge >= 0.3 is 6.03 Å². The van der Waals surface area contributed by atoms with Crippen molar-refractivity contribution in [2.75, 3.05) is 17.6 Å². The number of aromatic nitrogens is 4. The van der Waals surface area contributed by atoms with Crippen molar-refractivity contribution >= 4 is 41.2 Å². The van der Waals surface area contributed by atoms with Gasteiger partial charge in [0.2, 0.25) is 11.8 Å². The second kappa shape index (κ2) is 9.31. The van der Waals surface area contributed by atoms with Gasteiger partial charge in [-0.3, -0.25) is 19.3 Å². The summed E-state index contributed by atoms with van der Waals surface area (Å²) in [6, 6.07) is 13.0. The van der Waals surface area contributed by atoms with Crippen LogP contribution in [0.25, 0.3) is 5.69 Å². The van der Waals surface area contributed by atoms with Crippen molar-refractivity contribution in [3.05, 3.63) is 60.4 Å². The van der Waals surface area contributed by atoms with Gasteiger partial charge in [-0.25, -0.2) is 9.48 Å². The van der Waals surface area contributed by atoms with Gasteiger partial charge in [0.05, 0.1) is 17.1 Å². The van der Waals surface area contributed by atoms with Crippen molar-refractivity contribution in [3.63, 3.8) is 0 Å². The number of carbonyl (C=O) groups excluding carboxylic acids is 4. The number of thioether (sulfide) groups is 1. The van der Waals surface area contributed by atoms with Crippen LogP contribution in [-0.2, 0) is 19.9 Å². The van der Waals surface area contributed by atoms with E-state index in [4.69, 9.17) is 5.73 Å². The van der Waals surface area contributed by atoms with E-state index in [0.29, 0.717) is 21.8 Å². The highest BCUT2D eigenvalue weighted by Gasteiger charge is 2.49. The first kappa shape index (κ1) is 22.9. The second-order valence-electron chi connectivity index (χ2n) is 7.55. The van der Waals surface area contributed by atoms with Crippen LogP contribution < -0.4 is 16.4 Å². The van der Waals surface area contributed by atoms with Crippen LogP contribution in [0.1, 0.15) is 12.5 Å². The number of rotatable bonds is 8. The number of tetrazole rings is 1. The Morgan fingerprint density at radius 2 is 1.97 bits per heavy atom. The highest BCUT2D eigenvalue weighted by molar-refractivity contribution is 8.00. The number of primary amides is 1. The molecule has 1 aliphatic rings. The maximum atomic E-state index is 13.2. The van der Waals surface area contributed by atoms with Crippen LogP contribution in [0.5, 0.6) is 0 Å². The number of nitrogens with two attached hydrogens (primary N) is 1. The summed E-state index contributed by atoms with van der Waals surface area (Å²) in [5.74, 6) is -1.59. The van der Waals surface area contributed by atoms with Gasteiger partial charge in [-0.1, -0.05) is 24.3 Å². The Labute approximate surface area is 197 Å². The molecule has 3 aromatic rings. The molecule has 2 aromatic carbocycles. The first-order valence-electron chi connectivity index (χ1n) is 10.1. The number of anilines is 1. The Balaban J connectivity index is 1.49. The van der Waals surface area contributed by atoms with Crippen LogP contribution in [0.3, 0.4) is 0 Å². The Morgan fingerprint density at radius 3 is 2.71 bits per heavy atom. The first-order chi connectivity index (χ1) is 16.3. The maximum Gasteiger partial charge on any atom is 0.325 e. The van der Waals surface area contributed by atoms with Crippen LogP contribution in [0.2, 0.25) is 0 Å². The summed E-state index contributed by atoms with van der Waals surface area (Å²) in [5, 5.41) is 16.4. The SMILES string of the molecule is CC1(c2cccc(-n3cnnn3)c2)NC(=O)N(CC(=O)Nc2ccccc2SCC(N)=O)C1=O. The first-order valence-corrected chi connectivity index (χ1v) is 11.0. The van der Waals surface area contributed by atoms with Crippen molar-refractivity contribution in [1.82, 2.24) is 30.4 Å². The minimum atomic E-state index is -1.38. The number of benzene rings is 2. The van der Waals surface area contributed by atoms with Gasteiger partial charge in [0.15, 0.2) is 0 Å². The predicted molar refractivity (Wildman–Crippen MR) is 122 cm³/mol. The molecule has 34 heavy (non-hydrogen) atoms. The molecule has 4 rings (SSSR count). The van der Waals surface area contributed by atoms with Crippen LogP contribution in [-0.4, -0.2) is 61.2 Å². The minimum absolute atomic E-state index is 0.0436. The Kier molecular flexibility index (Phi) is 6.27. The molecule has 1 aliphatic heterocycles. The smallest absolute Gasteiger partial charge is 0.325 e. The van der Waals surface area contributed by atoms with Gasteiger partial charge in [-0.15, -0.1) is 16.9 Å². The third-order valence-electron chi connectivity index (χ3n) is 5.14. The number of nitrogens with one attached hydrogen (secondary N) is 2. The summed E-state index contributed by atoms with van der Waals surface area (Å²) in [4.78, 5) is 51.1. The number of para-hydroxylation sites is 1. The Bertz CT molecular complexity index is 1270. The fourth-order valence-corrected chi connectivity index (χ4v) is 4.20. The molecule has 13 heteroatoms. The molecule has 1 aromatic heterocycles. The van der Waals surface area contributed by atoms with Gasteiger partial charge in [-0.2, -0.15) is 0 Å². The zero-order chi connectivity index (χ0) is 24.3. The number of hydrogen-bond donors (Lipinski definition) is 3. The van der Waals surface area contributed by atoms with E-state index >= 15 is 0 Å². The molecule has 0 aliphatic carbocycles. The van der Waals surface area contributed by atoms with Gasteiger partial charge < -0.3 is 16.4 Å². The molecule has 1 unspecified atom stereocenters. The zero-order valence-corrected chi connectivity index (χ0v) is 18.8. The lowest BCUT2D eigenvalue weighted by Gasteiger charge is -2.22. The largest absolute Gasteiger partial charge is 0.369 e. The fraction of sp³-hybridized carbons (Fsp3) is 0.190. The van der Waals surface area contributed by atoms with Gasteiger partial charge in [0.25, 0.3) is 5.91 Å². The molecule has 12 nitrogen and oxygen atoms in total. The number of nitrogens with zero attached hydrogens (tertiary/aromatic N) is 5. The highest BCUT2D eigenvalue weighted by atomic mass is 32.2. The lowest BCUT2D eigenvalue weighted by atomic mass is 9.91. The Morgan fingerprint density at radius 1 is 1.18 bits per heavy atom. The molecule has 5 amide bonds. The molecule has 0 radical (unpaired) electrons. The van der Waals surface area contributed by atoms with Crippen LogP contribution >= 0.6 is 11.8 Å². The topological polar surface area (TPSA) is 165 Å². The van der Waals surface area contributed by atoms with Crippen molar-refractivity contribution in [3.8, 4) is 5.69 Å². The number of carbonyl (C=O) groups is 4. The van der Waals surface area contributed by atoms with Gasteiger partial charge in [-0.05, 0) is 47.2 Å². The monoisotopic (exact) mass is 480 g/mol. The molecule has 1 atom stereocenters. The van der Waals surface area contributed by atoms with E-state index in [0.717, 1.165) is 4.90 Å². The third kappa shape index (κ3) is 4.59. The molecule has 1 fully saturated rings. The number of amides is 5. The van der Waals surface area contributed by atoms with Crippen LogP contribution in [0, 0.1) is 0 Å². The van der Waals surface area contributed by atoms with Crippen molar-refractivity contribution in [2.24, 2.45) is 5.73 Å². The van der Waals surface area contributed by atoms with Crippen LogP contribution in [0.4, 0.5) is 10.5 Å². The number of urea groups is 1. The third-order valence-corrected chi connectivity index (χ3v) is 6.24. The molecule has 0 saturated carbocycles. The number of imide groups is 1. The Hall–Kier alpha value is -4.26. The minimum Gasteiger partial charge on any atom is -0.369 e. The second-order valence-corrected chi connectivity index (χ2v) is 8.57. The predicted octanol–water partition coefficient (Wildman–Crippen LogP) is 0.645. The van der Waals surface area contributed by atoms with Crippen molar-refractivity contribution in [1.29, 1.82) is 0 Å². The average molecular weight is 481 g/mol. The normalized spacial score (nSPS) is 17.5. The fourth-order valence-electron chi connectivity index (χ4n) is 3.45. The molecule has 2 heterocycles. The lowest BCUT2D eigenvalue weighted by molar-refractivity contribution is -0.133. The van der Waals surface area contributed by atoms with E-state index in [1.54, 1.807) is 55.5 Å². The van der Waals surface area contributed by atoms with E-state index < -0.39 is 35.8 Å². The summed E-state index contributed by atoms with van der Waals surface area (Å²) in [6.45, 7) is 1.08. The van der Waals surface area contributed by atoms with Crippen molar-refractivity contribution in [2.45, 2.75) is 17.4 Å². The number of hydrogen-bond acceptors (Lipinski definition) is 8. The highest BCUT2D eigenvalue weighted by Crippen LogP contribution is 2.30. The molecular formula is C21H20N8O4S. The molecule has 0 bridgehead atoms. The van der Waals surface area contributed by atoms with E-state index in [1.165, 1.54) is 22.8 Å². The zero-order valence-electron chi connectivity index (χ0n) is 18.0. The van der Waals surface area contributed by atoms with Crippen LogP contribution in [0.15, 0.2) is 59.8 Å². The van der Waals surface area contributed by atoms with Crippen molar-refractivity contribution < 1.29 is 19.2 Å². The summed E-state index contributed by atoms with van der Waals surface area (Å²) in [6.07, 6.45) is 1.41. The molecular weight excluding hydrogens is 460 g/mol. The molecule has 174 valence electrons. The molecule has 0 spiro atoms. The van der Waals surface area contributed by atoms with E-state index in [1.807, 2.05) is 0 Å². The van der Waals surface area contributed by atoms with E-state index in [9.17, 15) is 19.2 Å². The van der Waals surface area contributed by atoms with Gasteiger partial charge in [0, 0.05) is 4.90 Å². The average Bonchev–Trinajstić information content (AvgIpc) is 3.43. The standard InChI is InChI=1S/C21H20N8O4S/c1-21(13-5-4-6-14(9-13)29-12-23-26-27-29)19(32)28(20(33)25-21)10-18(31)24-15-7-2-3-8-16(15)34-11-17(22)30/h2-9,12H,10-11H2,1H3,(H2,22,30)(H,24,31)(H,25,33). The van der Waals surface area contributed by atoms with E-state index in [-0.39, 0.29) is 5.75 Å². The maximum absolute atomic E-state index is 13.2. The molecule has 4 N–H and O–H groups in total. The van der Waals surface area contributed by atoms with E-state index in [2.05, 4.69) is 26.2 Å². The summed E-state index contributed by atoms with van der Waals surface area (Å²) >= 11 is 1.17.